The van der Waals surface area contributed by atoms with Gasteiger partial charge in [0, 0.05) is 11.6 Å². The predicted octanol–water partition coefficient (Wildman–Crippen LogP) is 2.87. The number of rotatable bonds is 2. The molecule has 0 amide bonds. The number of nitrogen functional groups attached to an aromatic ring is 1. The summed E-state index contributed by atoms with van der Waals surface area (Å²) in [5, 5.41) is 0.858. The molecule has 0 spiro atoms. The average molecular weight is 270 g/mol. The molecular weight excluding hydrogens is 252 g/mol. The molecule has 0 saturated heterocycles. The first-order valence-electron chi connectivity index (χ1n) is 7.08. The van der Waals surface area contributed by atoms with Crippen molar-refractivity contribution in [3.8, 4) is 0 Å². The molecule has 0 radical (unpaired) electrons. The van der Waals surface area contributed by atoms with Crippen molar-refractivity contribution in [1.29, 1.82) is 0 Å². The molecular formula is C16H18N2O2. The molecule has 4 nitrogen and oxygen atoms in total. The highest BCUT2D eigenvalue weighted by Gasteiger charge is 2.18. The molecule has 20 heavy (non-hydrogen) atoms. The minimum Gasteiger partial charge on any atom is -0.462 e. The molecule has 1 aliphatic rings. The number of nitrogens with two attached hydrogens (primary N) is 1. The third-order valence-corrected chi connectivity index (χ3v) is 3.90. The summed E-state index contributed by atoms with van der Waals surface area (Å²) in [5.74, 6) is -0.405. The molecule has 0 bridgehead atoms. The van der Waals surface area contributed by atoms with Gasteiger partial charge in [0.1, 0.15) is 5.56 Å². The van der Waals surface area contributed by atoms with Crippen LogP contribution in [0.1, 0.15) is 41.3 Å². The number of carbonyl (C=O) groups is 1. The lowest BCUT2D eigenvalue weighted by Gasteiger charge is -2.18. The number of ether oxygens (including phenoxy) is 1. The van der Waals surface area contributed by atoms with Crippen molar-refractivity contribution in [3.63, 3.8) is 0 Å². The number of hydrogen-bond acceptors (Lipinski definition) is 4. The van der Waals surface area contributed by atoms with Crippen LogP contribution in [0, 0.1) is 0 Å². The number of nitrogens with zero attached hydrogens (tertiary/aromatic N) is 1. The van der Waals surface area contributed by atoms with Gasteiger partial charge in [-0.1, -0.05) is 12.1 Å². The van der Waals surface area contributed by atoms with E-state index in [1.807, 2.05) is 6.07 Å². The Balaban J connectivity index is 2.17. The minimum absolute atomic E-state index is 0.334. The number of benzene rings is 1. The maximum absolute atomic E-state index is 11.9. The number of anilines is 1. The molecule has 3 rings (SSSR count). The van der Waals surface area contributed by atoms with Gasteiger partial charge in [-0.2, -0.15) is 0 Å². The first-order chi connectivity index (χ1) is 9.72. The van der Waals surface area contributed by atoms with E-state index < -0.39 is 5.97 Å². The number of fused-ring (bicyclic) bond motifs is 3. The van der Waals surface area contributed by atoms with Crippen LogP contribution in [0.25, 0.3) is 10.9 Å². The zero-order valence-corrected chi connectivity index (χ0v) is 11.6. The maximum atomic E-state index is 11.9. The largest absolute Gasteiger partial charge is 0.462 e. The Morgan fingerprint density at radius 3 is 2.95 bits per heavy atom. The Morgan fingerprint density at radius 2 is 2.15 bits per heavy atom. The third kappa shape index (κ3) is 2.01. The van der Waals surface area contributed by atoms with Crippen molar-refractivity contribution in [1.82, 2.24) is 4.98 Å². The molecule has 2 aromatic rings. The molecule has 0 atom stereocenters. The molecule has 4 heteroatoms. The summed E-state index contributed by atoms with van der Waals surface area (Å²) in [6.45, 7) is 2.11. The highest BCUT2D eigenvalue weighted by Crippen LogP contribution is 2.31. The smallest absolute Gasteiger partial charge is 0.341 e. The normalized spacial score (nSPS) is 14.1. The lowest BCUT2D eigenvalue weighted by Crippen LogP contribution is -2.10. The second-order valence-electron chi connectivity index (χ2n) is 5.11. The number of carbonyl (C=O) groups excluding carboxylic acids is 1. The molecule has 1 heterocycles. The van der Waals surface area contributed by atoms with Crippen molar-refractivity contribution in [3.05, 3.63) is 35.0 Å². The van der Waals surface area contributed by atoms with Gasteiger partial charge in [0.2, 0.25) is 0 Å². The highest BCUT2D eigenvalue weighted by atomic mass is 16.5. The standard InChI is InChI=1S/C16H18N2O2/c1-2-20-16(19)13-9-18-15-11-6-4-3-5-10(11)7-8-12(15)14(13)17/h7-9H,2-6H2,1H3,(H2,17,18). The SMILES string of the molecule is CCOC(=O)c1cnc2c3c(ccc2c1N)CCCC3. The summed E-state index contributed by atoms with van der Waals surface area (Å²) in [6, 6.07) is 4.09. The molecule has 1 aromatic heterocycles. The van der Waals surface area contributed by atoms with E-state index >= 15 is 0 Å². The lowest BCUT2D eigenvalue weighted by atomic mass is 9.89. The van der Waals surface area contributed by atoms with Crippen molar-refractivity contribution >= 4 is 22.6 Å². The maximum Gasteiger partial charge on any atom is 0.341 e. The van der Waals surface area contributed by atoms with Gasteiger partial charge in [-0.25, -0.2) is 4.79 Å². The van der Waals surface area contributed by atoms with Gasteiger partial charge < -0.3 is 10.5 Å². The van der Waals surface area contributed by atoms with E-state index in [-0.39, 0.29) is 0 Å². The van der Waals surface area contributed by atoms with E-state index in [9.17, 15) is 4.79 Å². The highest BCUT2D eigenvalue weighted by molar-refractivity contribution is 6.04. The number of hydrogen-bond donors (Lipinski definition) is 1. The van der Waals surface area contributed by atoms with Crippen molar-refractivity contribution in [2.45, 2.75) is 32.6 Å². The summed E-state index contributed by atoms with van der Waals surface area (Å²) in [5.41, 5.74) is 10.6. The Bertz CT molecular complexity index is 680. The summed E-state index contributed by atoms with van der Waals surface area (Å²) in [4.78, 5) is 16.3. The molecule has 0 unspecified atom stereocenters. The van der Waals surface area contributed by atoms with Gasteiger partial charge >= 0.3 is 5.97 Å². The topological polar surface area (TPSA) is 65.2 Å². The quantitative estimate of drug-likeness (QED) is 0.852. The average Bonchev–Trinajstić information content (AvgIpc) is 2.47. The van der Waals surface area contributed by atoms with Crippen molar-refractivity contribution < 1.29 is 9.53 Å². The molecule has 0 saturated carbocycles. The summed E-state index contributed by atoms with van der Waals surface area (Å²) < 4.78 is 5.01. The minimum atomic E-state index is -0.405. The van der Waals surface area contributed by atoms with Crippen molar-refractivity contribution in [2.75, 3.05) is 12.3 Å². The van der Waals surface area contributed by atoms with E-state index in [1.54, 1.807) is 13.1 Å². The predicted molar refractivity (Wildman–Crippen MR) is 78.8 cm³/mol. The van der Waals surface area contributed by atoms with Gasteiger partial charge in [0.05, 0.1) is 17.8 Å². The van der Waals surface area contributed by atoms with Crippen LogP contribution in [0.3, 0.4) is 0 Å². The molecule has 2 N–H and O–H groups in total. The van der Waals surface area contributed by atoms with E-state index in [1.165, 1.54) is 24.0 Å². The fourth-order valence-electron chi connectivity index (χ4n) is 2.89. The summed E-state index contributed by atoms with van der Waals surface area (Å²) >= 11 is 0. The van der Waals surface area contributed by atoms with Gasteiger partial charge in [0.25, 0.3) is 0 Å². The zero-order valence-electron chi connectivity index (χ0n) is 11.6. The summed E-state index contributed by atoms with van der Waals surface area (Å²) in [7, 11) is 0. The van der Waals surface area contributed by atoms with Crippen LogP contribution in [0.15, 0.2) is 18.3 Å². The van der Waals surface area contributed by atoms with Crippen LogP contribution in [0.5, 0.6) is 0 Å². The molecule has 0 aliphatic heterocycles. The molecule has 0 fully saturated rings. The van der Waals surface area contributed by atoms with Crippen LogP contribution in [0.4, 0.5) is 5.69 Å². The van der Waals surface area contributed by atoms with Gasteiger partial charge in [-0.3, -0.25) is 4.98 Å². The lowest BCUT2D eigenvalue weighted by molar-refractivity contribution is 0.0527. The van der Waals surface area contributed by atoms with E-state index in [2.05, 4.69) is 11.1 Å². The van der Waals surface area contributed by atoms with Crippen LogP contribution < -0.4 is 5.73 Å². The molecule has 1 aromatic carbocycles. The van der Waals surface area contributed by atoms with Crippen LogP contribution >= 0.6 is 0 Å². The zero-order chi connectivity index (χ0) is 14.1. The monoisotopic (exact) mass is 270 g/mol. The second kappa shape index (κ2) is 5.12. The molecule has 104 valence electrons. The first kappa shape index (κ1) is 12.9. The number of aromatic nitrogens is 1. The third-order valence-electron chi connectivity index (χ3n) is 3.90. The summed E-state index contributed by atoms with van der Waals surface area (Å²) in [6.07, 6.45) is 6.11. The Hall–Kier alpha value is -2.10. The molecule has 1 aliphatic carbocycles. The van der Waals surface area contributed by atoms with Gasteiger partial charge in [-0.15, -0.1) is 0 Å². The fraction of sp³-hybridized carbons (Fsp3) is 0.375. The van der Waals surface area contributed by atoms with Crippen LogP contribution in [-0.4, -0.2) is 17.6 Å². The van der Waals surface area contributed by atoms with Crippen LogP contribution in [0.2, 0.25) is 0 Å². The van der Waals surface area contributed by atoms with Crippen LogP contribution in [-0.2, 0) is 17.6 Å². The Morgan fingerprint density at radius 1 is 1.35 bits per heavy atom. The number of pyridine rings is 1. The van der Waals surface area contributed by atoms with E-state index in [0.717, 1.165) is 23.7 Å². The van der Waals surface area contributed by atoms with Crippen molar-refractivity contribution in [2.24, 2.45) is 0 Å². The van der Waals surface area contributed by atoms with E-state index in [0.29, 0.717) is 17.9 Å². The van der Waals surface area contributed by atoms with Gasteiger partial charge in [0.15, 0.2) is 0 Å². The Kier molecular flexibility index (Phi) is 3.30. The Labute approximate surface area is 117 Å². The number of esters is 1. The van der Waals surface area contributed by atoms with E-state index in [4.69, 9.17) is 10.5 Å². The van der Waals surface area contributed by atoms with Gasteiger partial charge in [-0.05, 0) is 43.7 Å². The fourth-order valence-corrected chi connectivity index (χ4v) is 2.89. The second-order valence-corrected chi connectivity index (χ2v) is 5.11. The number of aryl methyl sites for hydroxylation is 2. The first-order valence-corrected chi connectivity index (χ1v) is 7.08.